The van der Waals surface area contributed by atoms with Gasteiger partial charge in [0.1, 0.15) is 18.2 Å². The Bertz CT molecular complexity index is 1270. The largest absolute Gasteiger partial charge is 0.489 e. The lowest BCUT2D eigenvalue weighted by atomic mass is 9.86. The third kappa shape index (κ3) is 3.92. The van der Waals surface area contributed by atoms with Crippen molar-refractivity contribution in [2.24, 2.45) is 0 Å². The molecule has 160 valence electrons. The summed E-state index contributed by atoms with van der Waals surface area (Å²) in [5.74, 6) is 1.56. The first-order valence-corrected chi connectivity index (χ1v) is 10.5. The van der Waals surface area contributed by atoms with Crippen LogP contribution in [-0.4, -0.2) is 30.9 Å². The summed E-state index contributed by atoms with van der Waals surface area (Å²) in [6.07, 6.45) is 3.82. The summed E-state index contributed by atoms with van der Waals surface area (Å²) in [4.78, 5) is 16.7. The second-order valence-corrected chi connectivity index (χ2v) is 7.89. The molecule has 1 unspecified atom stereocenters. The minimum absolute atomic E-state index is 0.0905. The first-order valence-electron chi connectivity index (χ1n) is 10.1. The van der Waals surface area contributed by atoms with E-state index in [1.54, 1.807) is 29.2 Å². The number of hydrogen-bond donors (Lipinski definition) is 1. The SMILES string of the molecule is Cc1nn(-c2ccc(Cl)nn2)c2c1C(c1cccc(OCc3cccnc3)c1)CC(=O)N2. The summed E-state index contributed by atoms with van der Waals surface area (Å²) in [7, 11) is 0. The Labute approximate surface area is 189 Å². The zero-order valence-corrected chi connectivity index (χ0v) is 18.0. The Morgan fingerprint density at radius 1 is 1.19 bits per heavy atom. The molecular weight excluding hydrogens is 428 g/mol. The maximum absolute atomic E-state index is 12.6. The van der Waals surface area contributed by atoms with Gasteiger partial charge in [-0.25, -0.2) is 0 Å². The van der Waals surface area contributed by atoms with Gasteiger partial charge in [0.2, 0.25) is 5.91 Å². The normalized spacial score (nSPS) is 15.2. The zero-order valence-electron chi connectivity index (χ0n) is 17.2. The molecule has 4 aromatic rings. The molecule has 1 aliphatic heterocycles. The van der Waals surface area contributed by atoms with Crippen molar-refractivity contribution in [1.82, 2.24) is 25.0 Å². The van der Waals surface area contributed by atoms with Crippen LogP contribution in [0.25, 0.3) is 5.82 Å². The van der Waals surface area contributed by atoms with Crippen LogP contribution in [0.3, 0.4) is 0 Å². The van der Waals surface area contributed by atoms with Gasteiger partial charge in [-0.1, -0.05) is 29.8 Å². The van der Waals surface area contributed by atoms with E-state index in [2.05, 4.69) is 25.6 Å². The van der Waals surface area contributed by atoms with E-state index in [0.29, 0.717) is 24.7 Å². The van der Waals surface area contributed by atoms with E-state index in [0.717, 1.165) is 28.1 Å². The molecule has 0 radical (unpaired) electrons. The van der Waals surface area contributed by atoms with Gasteiger partial charge in [-0.05, 0) is 42.8 Å². The molecular formula is C23H19ClN6O2. The van der Waals surface area contributed by atoms with Crippen LogP contribution in [0.2, 0.25) is 5.15 Å². The number of nitrogens with one attached hydrogen (secondary N) is 1. The molecule has 1 aliphatic rings. The van der Waals surface area contributed by atoms with Crippen LogP contribution in [-0.2, 0) is 11.4 Å². The van der Waals surface area contributed by atoms with Crippen molar-refractivity contribution in [3.63, 3.8) is 0 Å². The topological polar surface area (TPSA) is 94.8 Å². The van der Waals surface area contributed by atoms with Gasteiger partial charge < -0.3 is 10.1 Å². The number of aromatic nitrogens is 5. The van der Waals surface area contributed by atoms with Gasteiger partial charge in [-0.15, -0.1) is 10.2 Å². The van der Waals surface area contributed by atoms with Crippen LogP contribution >= 0.6 is 11.6 Å². The maximum Gasteiger partial charge on any atom is 0.226 e. The quantitative estimate of drug-likeness (QED) is 0.496. The minimum Gasteiger partial charge on any atom is -0.489 e. The first-order chi connectivity index (χ1) is 15.6. The van der Waals surface area contributed by atoms with E-state index in [1.807, 2.05) is 43.3 Å². The Hall–Kier alpha value is -3.78. The van der Waals surface area contributed by atoms with E-state index >= 15 is 0 Å². The molecule has 1 aromatic carbocycles. The fourth-order valence-corrected chi connectivity index (χ4v) is 3.99. The summed E-state index contributed by atoms with van der Waals surface area (Å²) in [6.45, 7) is 2.34. The molecule has 0 saturated heterocycles. The van der Waals surface area contributed by atoms with Crippen molar-refractivity contribution in [3.05, 3.63) is 88.5 Å². The molecule has 9 heteroatoms. The fourth-order valence-electron chi connectivity index (χ4n) is 3.89. The van der Waals surface area contributed by atoms with E-state index in [-0.39, 0.29) is 17.0 Å². The fraction of sp³-hybridized carbons (Fsp3) is 0.174. The maximum atomic E-state index is 12.6. The van der Waals surface area contributed by atoms with Crippen LogP contribution < -0.4 is 10.1 Å². The molecule has 32 heavy (non-hydrogen) atoms. The number of halogens is 1. The number of aryl methyl sites for hydroxylation is 1. The highest BCUT2D eigenvalue weighted by atomic mass is 35.5. The molecule has 3 aromatic heterocycles. The van der Waals surface area contributed by atoms with Crippen molar-refractivity contribution in [2.75, 3.05) is 5.32 Å². The highest BCUT2D eigenvalue weighted by Gasteiger charge is 2.33. The van der Waals surface area contributed by atoms with Gasteiger partial charge in [0.25, 0.3) is 0 Å². The second-order valence-electron chi connectivity index (χ2n) is 7.50. The van der Waals surface area contributed by atoms with Gasteiger partial charge in [0.05, 0.1) is 5.69 Å². The van der Waals surface area contributed by atoms with Crippen LogP contribution in [0, 0.1) is 6.92 Å². The molecule has 0 spiro atoms. The summed E-state index contributed by atoms with van der Waals surface area (Å²) < 4.78 is 7.56. The number of amides is 1. The van der Waals surface area contributed by atoms with Crippen LogP contribution in [0.5, 0.6) is 5.75 Å². The summed E-state index contributed by atoms with van der Waals surface area (Å²) in [6, 6.07) is 15.0. The monoisotopic (exact) mass is 446 g/mol. The molecule has 0 saturated carbocycles. The average Bonchev–Trinajstić information content (AvgIpc) is 3.14. The predicted molar refractivity (Wildman–Crippen MR) is 119 cm³/mol. The number of pyridine rings is 1. The van der Waals surface area contributed by atoms with Gasteiger partial charge in [0, 0.05) is 35.9 Å². The Morgan fingerprint density at radius 2 is 2.09 bits per heavy atom. The number of nitrogens with zero attached hydrogens (tertiary/aromatic N) is 5. The lowest BCUT2D eigenvalue weighted by Gasteiger charge is -2.24. The first kappa shape index (κ1) is 20.1. The lowest BCUT2D eigenvalue weighted by Crippen LogP contribution is -2.25. The van der Waals surface area contributed by atoms with Crippen molar-refractivity contribution in [1.29, 1.82) is 0 Å². The number of benzene rings is 1. The summed E-state index contributed by atoms with van der Waals surface area (Å²) in [5.41, 5.74) is 3.72. The third-order valence-corrected chi connectivity index (χ3v) is 5.53. The number of ether oxygens (including phenoxy) is 1. The van der Waals surface area contributed by atoms with E-state index in [4.69, 9.17) is 16.3 Å². The average molecular weight is 447 g/mol. The van der Waals surface area contributed by atoms with Crippen molar-refractivity contribution in [2.45, 2.75) is 25.9 Å². The molecule has 1 amide bonds. The van der Waals surface area contributed by atoms with Crippen LogP contribution in [0.1, 0.15) is 34.7 Å². The minimum atomic E-state index is -0.158. The van der Waals surface area contributed by atoms with Gasteiger partial charge in [0.15, 0.2) is 11.0 Å². The molecule has 4 heterocycles. The van der Waals surface area contributed by atoms with E-state index < -0.39 is 0 Å². The number of carbonyl (C=O) groups is 1. The van der Waals surface area contributed by atoms with Crippen molar-refractivity contribution < 1.29 is 9.53 Å². The highest BCUT2D eigenvalue weighted by molar-refractivity contribution is 6.29. The Morgan fingerprint density at radius 3 is 2.88 bits per heavy atom. The molecule has 8 nitrogen and oxygen atoms in total. The van der Waals surface area contributed by atoms with Crippen molar-refractivity contribution in [3.8, 4) is 11.6 Å². The Balaban J connectivity index is 1.48. The molecule has 0 bridgehead atoms. The van der Waals surface area contributed by atoms with Crippen molar-refractivity contribution >= 4 is 23.3 Å². The summed E-state index contributed by atoms with van der Waals surface area (Å²) in [5, 5.41) is 15.8. The molecule has 1 N–H and O–H groups in total. The second kappa shape index (κ2) is 8.39. The highest BCUT2D eigenvalue weighted by Crippen LogP contribution is 2.40. The standard InChI is InChI=1S/C23H19ClN6O2/c1-14-22-18(16-5-2-6-17(10-16)32-13-15-4-3-9-25-12-15)11-21(31)26-23(22)30(29-14)20-8-7-19(24)27-28-20/h2-10,12,18H,11,13H2,1H3,(H,26,31). The third-order valence-electron chi connectivity index (χ3n) is 5.33. The molecule has 0 fully saturated rings. The summed E-state index contributed by atoms with van der Waals surface area (Å²) >= 11 is 5.87. The molecule has 5 rings (SSSR count). The number of hydrogen-bond acceptors (Lipinski definition) is 6. The van der Waals surface area contributed by atoms with Crippen LogP contribution in [0.4, 0.5) is 5.82 Å². The zero-order chi connectivity index (χ0) is 22.1. The number of fused-ring (bicyclic) bond motifs is 1. The smallest absolute Gasteiger partial charge is 0.226 e. The number of carbonyl (C=O) groups excluding carboxylic acids is 1. The predicted octanol–water partition coefficient (Wildman–Crippen LogP) is 4.07. The molecule has 1 atom stereocenters. The van der Waals surface area contributed by atoms with Gasteiger partial charge in [-0.3, -0.25) is 9.78 Å². The van der Waals surface area contributed by atoms with E-state index in [9.17, 15) is 4.79 Å². The Kier molecular flexibility index (Phi) is 5.28. The van der Waals surface area contributed by atoms with E-state index in [1.165, 1.54) is 0 Å². The number of anilines is 1. The van der Waals surface area contributed by atoms with Crippen LogP contribution in [0.15, 0.2) is 60.9 Å². The van der Waals surface area contributed by atoms with Gasteiger partial charge >= 0.3 is 0 Å². The van der Waals surface area contributed by atoms with Gasteiger partial charge in [-0.2, -0.15) is 9.78 Å². The lowest BCUT2D eigenvalue weighted by molar-refractivity contribution is -0.116. The number of rotatable bonds is 5. The molecule has 0 aliphatic carbocycles.